The molecule has 2 rings (SSSR count). The maximum Gasteiger partial charge on any atom is 0.270 e. The van der Waals surface area contributed by atoms with Crippen LogP contribution in [0.1, 0.15) is 55.8 Å². The lowest BCUT2D eigenvalue weighted by molar-refractivity contribution is -0.384. The zero-order valence-corrected chi connectivity index (χ0v) is 15.0. The van der Waals surface area contributed by atoms with E-state index in [2.05, 4.69) is 12.0 Å². The molecule has 0 unspecified atom stereocenters. The normalized spacial score (nSPS) is 10.8. The number of anilines is 1. The van der Waals surface area contributed by atoms with E-state index in [1.165, 1.54) is 31.4 Å². The lowest BCUT2D eigenvalue weighted by Crippen LogP contribution is -2.14. The molecule has 1 aromatic carbocycles. The third kappa shape index (κ3) is 4.59. The topological polar surface area (TPSA) is 130 Å². The van der Waals surface area contributed by atoms with Gasteiger partial charge in [0.25, 0.3) is 11.6 Å². The van der Waals surface area contributed by atoms with Crippen molar-refractivity contribution < 1.29 is 9.72 Å². The highest BCUT2D eigenvalue weighted by atomic mass is 16.6. The molecule has 0 bridgehead atoms. The number of hydrogen-bond acceptors (Lipinski definition) is 5. The quantitative estimate of drug-likeness (QED) is 0.381. The highest BCUT2D eigenvalue weighted by Crippen LogP contribution is 2.30. The second-order valence-corrected chi connectivity index (χ2v) is 6.27. The smallest absolute Gasteiger partial charge is 0.270 e. The van der Waals surface area contributed by atoms with Crippen LogP contribution in [0, 0.1) is 10.1 Å². The lowest BCUT2D eigenvalue weighted by Gasteiger charge is -2.09. The average molecular weight is 359 g/mol. The van der Waals surface area contributed by atoms with Gasteiger partial charge in [0.1, 0.15) is 5.56 Å². The van der Waals surface area contributed by atoms with Crippen LogP contribution in [0.15, 0.2) is 24.3 Å². The van der Waals surface area contributed by atoms with E-state index in [4.69, 9.17) is 11.5 Å². The second kappa shape index (κ2) is 8.98. The van der Waals surface area contributed by atoms with Gasteiger partial charge in [-0.05, 0) is 6.42 Å². The number of nitrogens with zero attached hydrogens (tertiary/aromatic N) is 3. The third-order valence-electron chi connectivity index (χ3n) is 4.28. The van der Waals surface area contributed by atoms with Gasteiger partial charge in [-0.2, -0.15) is 5.10 Å². The van der Waals surface area contributed by atoms with E-state index < -0.39 is 10.8 Å². The average Bonchev–Trinajstić information content (AvgIpc) is 2.94. The number of rotatable bonds is 10. The van der Waals surface area contributed by atoms with Crippen molar-refractivity contribution in [2.45, 2.75) is 52.0 Å². The Kier molecular flexibility index (Phi) is 6.71. The standard InChI is InChI=1S/C18H25N5O3/c1-2-3-4-5-6-7-11-22-16(15(18(20)24)17(19)21-22)13-9-8-10-14(12-13)23(25)26/h8-10,12H,2-7,11H2,1H3,(H2,19,21)(H2,20,24). The van der Waals surface area contributed by atoms with Gasteiger partial charge >= 0.3 is 0 Å². The molecule has 2 aromatic rings. The van der Waals surface area contributed by atoms with Crippen LogP contribution in [0.25, 0.3) is 11.3 Å². The van der Waals surface area contributed by atoms with Crippen molar-refractivity contribution in [1.29, 1.82) is 0 Å². The highest BCUT2D eigenvalue weighted by Gasteiger charge is 2.22. The number of aryl methyl sites for hydroxylation is 1. The molecule has 0 saturated carbocycles. The number of hydrogen-bond donors (Lipinski definition) is 2. The fraction of sp³-hybridized carbons (Fsp3) is 0.444. The van der Waals surface area contributed by atoms with E-state index in [-0.39, 0.29) is 17.1 Å². The third-order valence-corrected chi connectivity index (χ3v) is 4.28. The van der Waals surface area contributed by atoms with E-state index in [9.17, 15) is 14.9 Å². The van der Waals surface area contributed by atoms with Crippen molar-refractivity contribution in [3.63, 3.8) is 0 Å². The Labute approximate surface area is 152 Å². The molecular weight excluding hydrogens is 334 g/mol. The number of amides is 1. The van der Waals surface area contributed by atoms with Crippen molar-refractivity contribution in [1.82, 2.24) is 9.78 Å². The van der Waals surface area contributed by atoms with Gasteiger partial charge in [0.15, 0.2) is 5.82 Å². The lowest BCUT2D eigenvalue weighted by atomic mass is 10.1. The van der Waals surface area contributed by atoms with Crippen molar-refractivity contribution >= 4 is 17.4 Å². The summed E-state index contributed by atoms with van der Waals surface area (Å²) >= 11 is 0. The summed E-state index contributed by atoms with van der Waals surface area (Å²) in [5.41, 5.74) is 12.3. The van der Waals surface area contributed by atoms with Crippen LogP contribution in [-0.2, 0) is 6.54 Å². The molecule has 26 heavy (non-hydrogen) atoms. The number of nitrogen functional groups attached to an aromatic ring is 1. The van der Waals surface area contributed by atoms with Gasteiger partial charge in [0, 0.05) is 24.2 Å². The number of nitro groups is 1. The summed E-state index contributed by atoms with van der Waals surface area (Å²) in [4.78, 5) is 22.4. The number of nitro benzene ring substituents is 1. The van der Waals surface area contributed by atoms with Gasteiger partial charge in [-0.15, -0.1) is 0 Å². The Bertz CT molecular complexity index is 785. The van der Waals surface area contributed by atoms with Gasteiger partial charge in [-0.1, -0.05) is 51.2 Å². The SMILES string of the molecule is CCCCCCCCn1nc(N)c(C(N)=O)c1-c1cccc([N+](=O)[O-])c1. The molecule has 4 N–H and O–H groups in total. The minimum Gasteiger partial charge on any atom is -0.382 e. The fourth-order valence-electron chi connectivity index (χ4n) is 2.99. The molecule has 140 valence electrons. The summed E-state index contributed by atoms with van der Waals surface area (Å²) in [6, 6.07) is 6.05. The maximum absolute atomic E-state index is 11.9. The summed E-state index contributed by atoms with van der Waals surface area (Å²) in [6.07, 6.45) is 6.67. The van der Waals surface area contributed by atoms with Gasteiger partial charge in [-0.3, -0.25) is 19.6 Å². The Morgan fingerprint density at radius 1 is 1.23 bits per heavy atom. The number of non-ortho nitro benzene ring substituents is 1. The summed E-state index contributed by atoms with van der Waals surface area (Å²) in [6.45, 7) is 2.74. The summed E-state index contributed by atoms with van der Waals surface area (Å²) in [5, 5.41) is 15.3. The van der Waals surface area contributed by atoms with Crippen molar-refractivity contribution in [3.05, 3.63) is 39.9 Å². The molecule has 8 heteroatoms. The number of primary amides is 1. The first-order chi connectivity index (χ1) is 12.5. The van der Waals surface area contributed by atoms with Gasteiger partial charge in [-0.25, -0.2) is 0 Å². The molecule has 0 aliphatic rings. The molecular formula is C18H25N5O3. The van der Waals surface area contributed by atoms with Crippen LogP contribution < -0.4 is 11.5 Å². The molecule has 0 spiro atoms. The summed E-state index contributed by atoms with van der Waals surface area (Å²) in [5.74, 6) is -0.650. The zero-order valence-electron chi connectivity index (χ0n) is 15.0. The molecule has 0 fully saturated rings. The Morgan fingerprint density at radius 2 is 1.92 bits per heavy atom. The van der Waals surface area contributed by atoms with Crippen molar-refractivity contribution in [2.75, 3.05) is 5.73 Å². The van der Waals surface area contributed by atoms with Gasteiger partial charge in [0.05, 0.1) is 10.6 Å². The minimum atomic E-state index is -0.696. The molecule has 1 heterocycles. The fourth-order valence-corrected chi connectivity index (χ4v) is 2.99. The van der Waals surface area contributed by atoms with Crippen LogP contribution in [0.5, 0.6) is 0 Å². The van der Waals surface area contributed by atoms with E-state index in [0.29, 0.717) is 17.8 Å². The highest BCUT2D eigenvalue weighted by molar-refractivity contribution is 6.03. The van der Waals surface area contributed by atoms with Crippen LogP contribution in [0.4, 0.5) is 11.5 Å². The molecule has 8 nitrogen and oxygen atoms in total. The number of carbonyl (C=O) groups is 1. The molecule has 1 aromatic heterocycles. The van der Waals surface area contributed by atoms with Crippen molar-refractivity contribution in [2.24, 2.45) is 5.73 Å². The Hall–Kier alpha value is -2.90. The van der Waals surface area contributed by atoms with E-state index in [0.717, 1.165) is 19.3 Å². The molecule has 1 amide bonds. The van der Waals surface area contributed by atoms with Crippen LogP contribution >= 0.6 is 0 Å². The predicted octanol–water partition coefficient (Wildman–Crippen LogP) is 3.50. The number of benzene rings is 1. The van der Waals surface area contributed by atoms with E-state index in [1.807, 2.05) is 0 Å². The summed E-state index contributed by atoms with van der Waals surface area (Å²) < 4.78 is 1.63. The first kappa shape index (κ1) is 19.4. The van der Waals surface area contributed by atoms with Crippen LogP contribution in [0.2, 0.25) is 0 Å². The largest absolute Gasteiger partial charge is 0.382 e. The van der Waals surface area contributed by atoms with Crippen LogP contribution in [-0.4, -0.2) is 20.6 Å². The monoisotopic (exact) mass is 359 g/mol. The second-order valence-electron chi connectivity index (χ2n) is 6.27. The van der Waals surface area contributed by atoms with Crippen molar-refractivity contribution in [3.8, 4) is 11.3 Å². The number of aromatic nitrogens is 2. The zero-order chi connectivity index (χ0) is 19.1. The van der Waals surface area contributed by atoms with E-state index in [1.54, 1.807) is 16.8 Å². The molecule has 0 radical (unpaired) electrons. The summed E-state index contributed by atoms with van der Waals surface area (Å²) in [7, 11) is 0. The van der Waals surface area contributed by atoms with E-state index >= 15 is 0 Å². The number of unbranched alkanes of at least 4 members (excludes halogenated alkanes) is 5. The molecule has 0 aliphatic heterocycles. The maximum atomic E-state index is 11.9. The predicted molar refractivity (Wildman–Crippen MR) is 101 cm³/mol. The minimum absolute atomic E-state index is 0.0463. The Morgan fingerprint density at radius 3 is 2.58 bits per heavy atom. The molecule has 0 aliphatic carbocycles. The van der Waals surface area contributed by atoms with Crippen LogP contribution in [0.3, 0.4) is 0 Å². The first-order valence-electron chi connectivity index (χ1n) is 8.86. The molecule has 0 atom stereocenters. The molecule has 0 saturated heterocycles. The van der Waals surface area contributed by atoms with Gasteiger partial charge < -0.3 is 11.5 Å². The van der Waals surface area contributed by atoms with Gasteiger partial charge in [0.2, 0.25) is 0 Å². The number of nitrogens with two attached hydrogens (primary N) is 2. The first-order valence-corrected chi connectivity index (χ1v) is 8.86. The number of carbonyl (C=O) groups excluding carboxylic acids is 1. The Balaban J connectivity index is 2.29.